The van der Waals surface area contributed by atoms with Crippen LogP contribution in [0.25, 0.3) is 0 Å². The Morgan fingerprint density at radius 3 is 2.33 bits per heavy atom. The third-order valence-corrected chi connectivity index (χ3v) is 7.93. The van der Waals surface area contributed by atoms with Crippen molar-refractivity contribution in [1.29, 1.82) is 0 Å². The van der Waals surface area contributed by atoms with Gasteiger partial charge in [0.25, 0.3) is 5.91 Å². The third-order valence-electron chi connectivity index (χ3n) is 7.93. The van der Waals surface area contributed by atoms with Crippen molar-refractivity contribution in [3.05, 3.63) is 71.3 Å². The molecule has 2 aliphatic rings. The van der Waals surface area contributed by atoms with Gasteiger partial charge in [-0.25, -0.2) is 0 Å². The van der Waals surface area contributed by atoms with Crippen molar-refractivity contribution in [2.75, 3.05) is 13.1 Å². The number of nitrogens with one attached hydrogen (secondary N) is 1. The lowest BCUT2D eigenvalue weighted by molar-refractivity contribution is -0.142. The molecule has 1 aliphatic carbocycles. The lowest BCUT2D eigenvalue weighted by Crippen LogP contribution is -2.42. The Balaban J connectivity index is 1.31. The number of aliphatic imine (C=N–C) groups is 1. The number of nitrogens with zero attached hydrogens (tertiary/aromatic N) is 2. The highest BCUT2D eigenvalue weighted by Crippen LogP contribution is 2.34. The van der Waals surface area contributed by atoms with Crippen LogP contribution in [0.2, 0.25) is 0 Å². The number of benzene rings is 2. The maximum Gasteiger partial charge on any atom is 0.304 e. The van der Waals surface area contributed by atoms with Gasteiger partial charge in [-0.1, -0.05) is 42.5 Å². The van der Waals surface area contributed by atoms with Crippen LogP contribution < -0.4 is 16.8 Å². The number of carboxylic acid groups (broad SMARTS) is 1. The van der Waals surface area contributed by atoms with Gasteiger partial charge in [0, 0.05) is 24.7 Å². The van der Waals surface area contributed by atoms with Gasteiger partial charge < -0.3 is 26.8 Å². The van der Waals surface area contributed by atoms with E-state index in [4.69, 9.17) is 11.5 Å². The number of carboxylic acids is 1. The van der Waals surface area contributed by atoms with Gasteiger partial charge in [0.15, 0.2) is 5.96 Å². The Labute approximate surface area is 229 Å². The van der Waals surface area contributed by atoms with Crippen LogP contribution in [0.5, 0.6) is 0 Å². The first-order valence-corrected chi connectivity index (χ1v) is 13.8. The van der Waals surface area contributed by atoms with Crippen molar-refractivity contribution in [3.8, 4) is 0 Å². The summed E-state index contributed by atoms with van der Waals surface area (Å²) in [6, 6.07) is 17.7. The normalized spacial score (nSPS) is 22.9. The molecule has 6 N–H and O–H groups in total. The van der Waals surface area contributed by atoms with Gasteiger partial charge in [-0.3, -0.25) is 19.4 Å². The molecule has 0 radical (unpaired) electrons. The van der Waals surface area contributed by atoms with Crippen LogP contribution >= 0.6 is 0 Å². The van der Waals surface area contributed by atoms with Crippen LogP contribution in [0.3, 0.4) is 0 Å². The number of hydrogen-bond acceptors (Lipinski definition) is 4. The summed E-state index contributed by atoms with van der Waals surface area (Å²) >= 11 is 0. The van der Waals surface area contributed by atoms with Crippen molar-refractivity contribution >= 4 is 23.7 Å². The highest BCUT2D eigenvalue weighted by atomic mass is 16.4. The molecule has 9 nitrogen and oxygen atoms in total. The molecular formula is C30H39N5O4. The minimum Gasteiger partial charge on any atom is -0.481 e. The Morgan fingerprint density at radius 2 is 1.69 bits per heavy atom. The van der Waals surface area contributed by atoms with Gasteiger partial charge in [0.1, 0.15) is 0 Å². The minimum atomic E-state index is -0.980. The number of rotatable bonds is 11. The lowest BCUT2D eigenvalue weighted by Gasteiger charge is -2.27. The van der Waals surface area contributed by atoms with Gasteiger partial charge >= 0.3 is 5.97 Å². The Morgan fingerprint density at radius 1 is 1.00 bits per heavy atom. The fourth-order valence-electron chi connectivity index (χ4n) is 5.91. The summed E-state index contributed by atoms with van der Waals surface area (Å²) in [5.41, 5.74) is 14.0. The quantitative estimate of drug-likeness (QED) is 0.257. The van der Waals surface area contributed by atoms with Crippen LogP contribution in [0.15, 0.2) is 59.6 Å². The van der Waals surface area contributed by atoms with Crippen LogP contribution in [0.1, 0.15) is 72.3 Å². The zero-order valence-electron chi connectivity index (χ0n) is 22.3. The smallest absolute Gasteiger partial charge is 0.304 e. The molecule has 0 bridgehead atoms. The summed E-state index contributed by atoms with van der Waals surface area (Å²) in [5, 5.41) is 12.2. The first-order chi connectivity index (χ1) is 18.8. The molecule has 208 valence electrons. The minimum absolute atomic E-state index is 0.136. The van der Waals surface area contributed by atoms with Gasteiger partial charge in [0.05, 0.1) is 18.4 Å². The van der Waals surface area contributed by atoms with Crippen LogP contribution in [0.4, 0.5) is 0 Å². The molecule has 1 heterocycles. The molecule has 2 atom stereocenters. The van der Waals surface area contributed by atoms with Crippen LogP contribution in [0, 0.1) is 5.92 Å². The van der Waals surface area contributed by atoms with Crippen molar-refractivity contribution in [1.82, 2.24) is 10.2 Å². The summed E-state index contributed by atoms with van der Waals surface area (Å²) in [5.74, 6) is -1.30. The molecule has 1 saturated carbocycles. The molecule has 0 spiro atoms. The molecule has 2 aromatic carbocycles. The molecule has 2 amide bonds. The highest BCUT2D eigenvalue weighted by molar-refractivity contribution is 5.94. The molecule has 2 aromatic rings. The van der Waals surface area contributed by atoms with E-state index < -0.39 is 11.9 Å². The first-order valence-electron chi connectivity index (χ1n) is 13.8. The molecule has 2 fully saturated rings. The molecule has 9 heteroatoms. The molecule has 1 aliphatic heterocycles. The molecule has 39 heavy (non-hydrogen) atoms. The van der Waals surface area contributed by atoms with E-state index in [1.165, 1.54) is 11.1 Å². The molecule has 1 saturated heterocycles. The maximum absolute atomic E-state index is 13.0. The number of carbonyl (C=O) groups is 3. The number of hydrogen-bond donors (Lipinski definition) is 4. The van der Waals surface area contributed by atoms with E-state index in [0.717, 1.165) is 38.5 Å². The van der Waals surface area contributed by atoms with E-state index in [-0.39, 0.29) is 36.3 Å². The van der Waals surface area contributed by atoms with Crippen molar-refractivity contribution in [2.45, 2.75) is 69.4 Å². The standard InChI is InChI=1S/C30H39N5O4/c31-30(32)34-25-14-12-22(13-15-25)21-8-10-23(11-9-21)28(38)33-19-26-17-24(18-27(36)37)29(39)35(26)16-4-7-20-5-2-1-3-6-20/h1-3,5-6,8-11,22,24-26H,4,7,12-19H2,(H,33,38)(H,36,37)(H4,31,32,34)/t22?,24-,25?,26-/m0/s1. The summed E-state index contributed by atoms with van der Waals surface area (Å²) < 4.78 is 0. The number of aryl methyl sites for hydroxylation is 1. The van der Waals surface area contributed by atoms with Gasteiger partial charge in [-0.15, -0.1) is 0 Å². The number of aliphatic carboxylic acids is 1. The largest absolute Gasteiger partial charge is 0.481 e. The average molecular weight is 534 g/mol. The van der Waals surface area contributed by atoms with Crippen molar-refractivity contribution in [2.24, 2.45) is 22.4 Å². The summed E-state index contributed by atoms with van der Waals surface area (Å²) in [7, 11) is 0. The van der Waals surface area contributed by atoms with E-state index in [1.54, 1.807) is 4.90 Å². The zero-order valence-corrected chi connectivity index (χ0v) is 22.3. The van der Waals surface area contributed by atoms with Crippen molar-refractivity contribution in [3.63, 3.8) is 0 Å². The second-order valence-electron chi connectivity index (χ2n) is 10.7. The Bertz CT molecular complexity index is 1160. The predicted molar refractivity (Wildman–Crippen MR) is 150 cm³/mol. The number of nitrogens with two attached hydrogens (primary N) is 2. The number of carbonyl (C=O) groups excluding carboxylic acids is 2. The van der Waals surface area contributed by atoms with Gasteiger partial charge in [-0.05, 0) is 74.1 Å². The van der Waals surface area contributed by atoms with E-state index in [1.807, 2.05) is 42.5 Å². The third kappa shape index (κ3) is 7.81. The van der Waals surface area contributed by atoms with Crippen LogP contribution in [-0.2, 0) is 16.0 Å². The van der Waals surface area contributed by atoms with Crippen LogP contribution in [-0.4, -0.2) is 58.9 Å². The van der Waals surface area contributed by atoms with Gasteiger partial charge in [0.2, 0.25) is 5.91 Å². The average Bonchev–Trinajstić information content (AvgIpc) is 3.21. The zero-order chi connectivity index (χ0) is 27.8. The van der Waals surface area contributed by atoms with E-state index in [0.29, 0.717) is 31.0 Å². The summed E-state index contributed by atoms with van der Waals surface area (Å²) in [4.78, 5) is 43.3. The fourth-order valence-corrected chi connectivity index (χ4v) is 5.91. The molecular weight excluding hydrogens is 494 g/mol. The van der Waals surface area contributed by atoms with E-state index in [9.17, 15) is 19.5 Å². The first kappa shape index (κ1) is 28.1. The second kappa shape index (κ2) is 13.3. The lowest BCUT2D eigenvalue weighted by atomic mass is 9.82. The number of amides is 2. The number of likely N-dealkylation sites (tertiary alicyclic amines) is 1. The second-order valence-corrected chi connectivity index (χ2v) is 10.7. The molecule has 4 rings (SSSR count). The van der Waals surface area contributed by atoms with Gasteiger partial charge in [-0.2, -0.15) is 0 Å². The SMILES string of the molecule is NC(N)=NC1CCC(c2ccc(C(=O)NC[C@@H]3C[C@@H](CC(=O)O)C(=O)N3CCCc3ccccc3)cc2)CC1. The summed E-state index contributed by atoms with van der Waals surface area (Å²) in [6.07, 6.45) is 5.73. The monoisotopic (exact) mass is 533 g/mol. The molecule has 0 aromatic heterocycles. The van der Waals surface area contributed by atoms with E-state index >= 15 is 0 Å². The topological polar surface area (TPSA) is 151 Å². The van der Waals surface area contributed by atoms with E-state index in [2.05, 4.69) is 22.4 Å². The maximum atomic E-state index is 13.0. The summed E-state index contributed by atoms with van der Waals surface area (Å²) in [6.45, 7) is 0.826. The molecule has 0 unspecified atom stereocenters. The predicted octanol–water partition coefficient (Wildman–Crippen LogP) is 3.04. The van der Waals surface area contributed by atoms with Crippen molar-refractivity contribution < 1.29 is 19.5 Å². The highest BCUT2D eigenvalue weighted by Gasteiger charge is 2.40. The Kier molecular flexibility index (Phi) is 9.57. The fraction of sp³-hybridized carbons (Fsp3) is 0.467. The number of guanidine groups is 1. The Hall–Kier alpha value is -3.88.